The highest BCUT2D eigenvalue weighted by Crippen LogP contribution is 2.17. The molecule has 0 unspecified atom stereocenters. The molecule has 0 aromatic heterocycles. The number of phenolic OH excluding ortho intramolecular Hbond substituents is 1. The predicted molar refractivity (Wildman–Crippen MR) is 53.1 cm³/mol. The average Bonchev–Trinajstić information content (AvgIpc) is 2.08. The Morgan fingerprint density at radius 3 is 1.50 bits per heavy atom. The Morgan fingerprint density at radius 2 is 1.17 bits per heavy atom. The van der Waals surface area contributed by atoms with Crippen molar-refractivity contribution in [2.75, 3.05) is 0 Å². The fourth-order valence-corrected chi connectivity index (χ4v) is 1.24. The van der Waals surface area contributed by atoms with Crippen LogP contribution in [0.25, 0.3) is 0 Å². The van der Waals surface area contributed by atoms with E-state index in [0.717, 1.165) is 5.56 Å². The summed E-state index contributed by atoms with van der Waals surface area (Å²) in [5, 5.41) is 9.53. The highest BCUT2D eigenvalue weighted by atomic mass is 16.3. The van der Waals surface area contributed by atoms with E-state index in [1.807, 2.05) is 6.92 Å². The minimum atomic E-state index is 0.204. The molecule has 0 amide bonds. The van der Waals surface area contributed by atoms with Crippen LogP contribution in [0.5, 0.6) is 5.75 Å². The number of hydrogen-bond donors (Lipinski definition) is 1. The average molecular weight is 156 g/mol. The highest BCUT2D eigenvalue weighted by molar-refractivity contribution is 6.41. The largest absolute Gasteiger partial charge is 0.507 e. The van der Waals surface area contributed by atoms with Gasteiger partial charge in [0.25, 0.3) is 0 Å². The van der Waals surface area contributed by atoms with Crippen molar-refractivity contribution in [1.29, 1.82) is 0 Å². The molecule has 0 bridgehead atoms. The maximum Gasteiger partial charge on any atom is 0.120 e. The second-order valence-electron chi connectivity index (χ2n) is 3.05. The zero-order valence-corrected chi connectivity index (χ0v) is 7.60. The van der Waals surface area contributed by atoms with Crippen molar-refractivity contribution in [3.05, 3.63) is 16.7 Å². The van der Waals surface area contributed by atoms with Gasteiger partial charge in [-0.3, -0.25) is 0 Å². The number of aromatic hydroxyl groups is 1. The first-order chi connectivity index (χ1) is 5.46. The van der Waals surface area contributed by atoms with Gasteiger partial charge in [0.05, 0.1) is 0 Å². The van der Waals surface area contributed by atoms with Gasteiger partial charge in [0.2, 0.25) is 0 Å². The summed E-state index contributed by atoms with van der Waals surface area (Å²) in [6, 6.07) is 0. The lowest BCUT2D eigenvalue weighted by molar-refractivity contribution is 0.468. The first-order valence-electron chi connectivity index (χ1n) is 3.80. The van der Waals surface area contributed by atoms with Crippen molar-refractivity contribution in [3.8, 4) is 5.75 Å². The third-order valence-corrected chi connectivity index (χ3v) is 2.33. The summed E-state index contributed by atoms with van der Waals surface area (Å²) in [7, 11) is 11.4. The molecule has 1 N–H and O–H groups in total. The zero-order chi connectivity index (χ0) is 9.46. The number of phenols is 1. The van der Waals surface area contributed by atoms with E-state index in [4.69, 9.17) is 15.7 Å². The molecule has 4 radical (unpaired) electrons. The molecule has 0 atom stereocenters. The fraction of sp³-hybridized carbons (Fsp3) is 0.333. The molecule has 1 aromatic rings. The SMILES string of the molecule is [B]c1c(C)c([B])c(C)c(O)c1C. The second-order valence-corrected chi connectivity index (χ2v) is 3.05. The van der Waals surface area contributed by atoms with E-state index in [2.05, 4.69) is 0 Å². The van der Waals surface area contributed by atoms with E-state index >= 15 is 0 Å². The Bertz CT molecular complexity index is 227. The second kappa shape index (κ2) is 2.89. The van der Waals surface area contributed by atoms with Crippen LogP contribution in [0.15, 0.2) is 0 Å². The van der Waals surface area contributed by atoms with Crippen LogP contribution < -0.4 is 10.9 Å². The first-order valence-corrected chi connectivity index (χ1v) is 3.80. The summed E-state index contributed by atoms with van der Waals surface area (Å²) in [5.74, 6) is 0.204. The quantitative estimate of drug-likeness (QED) is 0.520. The van der Waals surface area contributed by atoms with Gasteiger partial charge >= 0.3 is 0 Å². The molecule has 0 saturated heterocycles. The van der Waals surface area contributed by atoms with E-state index in [0.29, 0.717) is 22.1 Å². The van der Waals surface area contributed by atoms with Crippen molar-refractivity contribution >= 4 is 26.6 Å². The summed E-state index contributed by atoms with van der Waals surface area (Å²) in [4.78, 5) is 0. The fourth-order valence-electron chi connectivity index (χ4n) is 1.24. The standard InChI is InChI=1S/C9H10B2O/c1-4-7(10)5(2)9(12)6(3)8(4)11/h12H,1-3H3. The van der Waals surface area contributed by atoms with Gasteiger partial charge in [-0.05, 0) is 31.9 Å². The maximum atomic E-state index is 9.53. The molecule has 0 saturated carbocycles. The smallest absolute Gasteiger partial charge is 0.120 e. The topological polar surface area (TPSA) is 20.2 Å². The van der Waals surface area contributed by atoms with E-state index in [1.54, 1.807) is 13.8 Å². The normalized spacial score (nSPS) is 10.2. The lowest BCUT2D eigenvalue weighted by Crippen LogP contribution is -2.25. The summed E-state index contributed by atoms with van der Waals surface area (Å²) in [6.45, 7) is 5.42. The number of hydrogen-bond acceptors (Lipinski definition) is 1. The molecule has 1 aromatic carbocycles. The van der Waals surface area contributed by atoms with Crippen molar-refractivity contribution < 1.29 is 5.11 Å². The van der Waals surface area contributed by atoms with Crippen molar-refractivity contribution in [3.63, 3.8) is 0 Å². The summed E-state index contributed by atoms with van der Waals surface area (Å²) < 4.78 is 0. The van der Waals surface area contributed by atoms with Crippen molar-refractivity contribution in [1.82, 2.24) is 0 Å². The summed E-state index contributed by atoms with van der Waals surface area (Å²) >= 11 is 0. The van der Waals surface area contributed by atoms with Gasteiger partial charge in [-0.25, -0.2) is 0 Å². The van der Waals surface area contributed by atoms with E-state index < -0.39 is 0 Å². The van der Waals surface area contributed by atoms with Crippen LogP contribution in [0.3, 0.4) is 0 Å². The van der Waals surface area contributed by atoms with Crippen molar-refractivity contribution in [2.45, 2.75) is 20.8 Å². The molecular formula is C9H10B2O. The Labute approximate surface area is 75.6 Å². The van der Waals surface area contributed by atoms with Gasteiger partial charge in [-0.15, -0.1) is 0 Å². The molecular weight excluding hydrogens is 146 g/mol. The summed E-state index contributed by atoms with van der Waals surface area (Å²) in [6.07, 6.45) is 0. The Hall–Kier alpha value is -0.850. The Morgan fingerprint density at radius 1 is 0.833 bits per heavy atom. The van der Waals surface area contributed by atoms with E-state index in [-0.39, 0.29) is 5.75 Å². The first kappa shape index (κ1) is 9.24. The van der Waals surface area contributed by atoms with E-state index in [9.17, 15) is 5.11 Å². The monoisotopic (exact) mass is 156 g/mol. The molecule has 0 fully saturated rings. The molecule has 12 heavy (non-hydrogen) atoms. The molecule has 1 nitrogen and oxygen atoms in total. The molecule has 0 aliphatic heterocycles. The molecule has 0 heterocycles. The predicted octanol–water partition coefficient (Wildman–Crippen LogP) is -0.0949. The minimum absolute atomic E-state index is 0.204. The Balaban J connectivity index is 3.60. The number of rotatable bonds is 0. The van der Waals surface area contributed by atoms with Gasteiger partial charge in [0.1, 0.15) is 21.4 Å². The van der Waals surface area contributed by atoms with E-state index in [1.165, 1.54) is 0 Å². The molecule has 1 rings (SSSR count). The van der Waals surface area contributed by atoms with Crippen LogP contribution >= 0.6 is 0 Å². The maximum absolute atomic E-state index is 9.53. The van der Waals surface area contributed by atoms with Crippen LogP contribution in [-0.2, 0) is 0 Å². The molecule has 0 aliphatic carbocycles. The molecule has 0 spiro atoms. The van der Waals surface area contributed by atoms with Crippen LogP contribution in [0.4, 0.5) is 0 Å². The van der Waals surface area contributed by atoms with Gasteiger partial charge in [-0.2, -0.15) is 0 Å². The summed E-state index contributed by atoms with van der Waals surface area (Å²) in [5.41, 5.74) is 3.42. The number of benzene rings is 1. The van der Waals surface area contributed by atoms with Crippen LogP contribution in [-0.4, -0.2) is 20.8 Å². The van der Waals surface area contributed by atoms with Gasteiger partial charge in [0, 0.05) is 0 Å². The molecule has 58 valence electrons. The van der Waals surface area contributed by atoms with Gasteiger partial charge < -0.3 is 5.11 Å². The zero-order valence-electron chi connectivity index (χ0n) is 7.60. The minimum Gasteiger partial charge on any atom is -0.507 e. The van der Waals surface area contributed by atoms with Crippen LogP contribution in [0.2, 0.25) is 0 Å². The molecule has 0 aliphatic rings. The lowest BCUT2D eigenvalue weighted by Gasteiger charge is -2.14. The van der Waals surface area contributed by atoms with Crippen molar-refractivity contribution in [2.24, 2.45) is 0 Å². The molecule has 3 heteroatoms. The van der Waals surface area contributed by atoms with Gasteiger partial charge in [0.15, 0.2) is 0 Å². The van der Waals surface area contributed by atoms with Gasteiger partial charge in [-0.1, -0.05) is 16.5 Å². The lowest BCUT2D eigenvalue weighted by atomic mass is 9.76. The third kappa shape index (κ3) is 1.13. The Kier molecular flexibility index (Phi) is 2.22. The highest BCUT2D eigenvalue weighted by Gasteiger charge is 2.09. The third-order valence-electron chi connectivity index (χ3n) is 2.33. The van der Waals surface area contributed by atoms with Crippen LogP contribution in [0.1, 0.15) is 16.7 Å². The van der Waals surface area contributed by atoms with Crippen LogP contribution in [0, 0.1) is 20.8 Å².